The molecule has 0 fully saturated rings. The molecule has 0 aliphatic heterocycles. The molecule has 2 aromatic heterocycles. The number of thiophene rings is 1. The van der Waals surface area contributed by atoms with E-state index >= 15 is 0 Å². The summed E-state index contributed by atoms with van der Waals surface area (Å²) >= 11 is 1.66. The average molecular weight is 505 g/mol. The highest BCUT2D eigenvalue weighted by atomic mass is 32.2. The Bertz CT molecular complexity index is 1260. The fourth-order valence-electron chi connectivity index (χ4n) is 3.52. The van der Waals surface area contributed by atoms with Gasteiger partial charge < -0.3 is 10.1 Å². The summed E-state index contributed by atoms with van der Waals surface area (Å²) in [7, 11) is -3.38. The van der Waals surface area contributed by atoms with E-state index in [1.54, 1.807) is 11.3 Å². The van der Waals surface area contributed by atoms with Crippen LogP contribution in [-0.2, 0) is 32.0 Å². The molecule has 3 rings (SSSR count). The molecule has 0 radical (unpaired) electrons. The Labute approximate surface area is 205 Å². The number of nitrogens with one attached hydrogen (secondary N) is 1. The van der Waals surface area contributed by atoms with Crippen molar-refractivity contribution < 1.29 is 22.1 Å². The van der Waals surface area contributed by atoms with Crippen LogP contribution in [0.4, 0.5) is 4.79 Å². The van der Waals surface area contributed by atoms with Crippen molar-refractivity contribution in [3.63, 3.8) is 0 Å². The number of rotatable bonds is 9. The van der Waals surface area contributed by atoms with Crippen LogP contribution in [0.25, 0.3) is 21.3 Å². The van der Waals surface area contributed by atoms with E-state index in [-0.39, 0.29) is 6.61 Å². The van der Waals surface area contributed by atoms with Crippen LogP contribution in [0.3, 0.4) is 0 Å². The fraction of sp³-hybridized carbons (Fsp3) is 0.440. The van der Waals surface area contributed by atoms with E-state index < -0.39 is 21.8 Å². The van der Waals surface area contributed by atoms with E-state index in [0.717, 1.165) is 51.6 Å². The van der Waals surface area contributed by atoms with Gasteiger partial charge in [0.05, 0.1) is 12.9 Å². The van der Waals surface area contributed by atoms with Crippen LogP contribution < -0.4 is 5.32 Å². The third-order valence-corrected chi connectivity index (χ3v) is 6.77. The van der Waals surface area contributed by atoms with E-state index in [1.807, 2.05) is 46.0 Å². The number of nitrogens with zero attached hydrogens (tertiary/aromatic N) is 1. The molecule has 9 heteroatoms. The first-order chi connectivity index (χ1) is 15.9. The van der Waals surface area contributed by atoms with Crippen LogP contribution in [-0.4, -0.2) is 38.0 Å². The van der Waals surface area contributed by atoms with Gasteiger partial charge in [0.25, 0.3) is 10.1 Å². The summed E-state index contributed by atoms with van der Waals surface area (Å²) in [5, 5.41) is 3.92. The molecule has 3 aromatic rings. The number of amides is 1. The molecule has 184 valence electrons. The number of carbonyl (C=O) groups excluding carboxylic acids is 1. The Kier molecular flexibility index (Phi) is 8.33. The third-order valence-electron chi connectivity index (χ3n) is 5.08. The van der Waals surface area contributed by atoms with Crippen LogP contribution in [0.5, 0.6) is 0 Å². The van der Waals surface area contributed by atoms with E-state index in [4.69, 9.17) is 8.92 Å². The molecule has 0 aliphatic rings. The Balaban J connectivity index is 1.68. The number of aromatic nitrogens is 1. The second-order valence-electron chi connectivity index (χ2n) is 9.27. The number of pyridine rings is 1. The molecule has 0 unspecified atom stereocenters. The van der Waals surface area contributed by atoms with Crippen LogP contribution >= 0.6 is 11.3 Å². The Morgan fingerprint density at radius 2 is 1.91 bits per heavy atom. The van der Waals surface area contributed by atoms with Crippen molar-refractivity contribution in [3.8, 4) is 11.1 Å². The summed E-state index contributed by atoms with van der Waals surface area (Å²) < 4.78 is 32.2. The minimum Gasteiger partial charge on any atom is -0.444 e. The van der Waals surface area contributed by atoms with Crippen LogP contribution in [0.1, 0.15) is 49.6 Å². The smallest absolute Gasteiger partial charge is 0.407 e. The van der Waals surface area contributed by atoms with Gasteiger partial charge in [-0.1, -0.05) is 18.2 Å². The van der Waals surface area contributed by atoms with Gasteiger partial charge >= 0.3 is 6.09 Å². The molecule has 1 N–H and O–H groups in total. The SMILES string of the molecule is Cc1cc(-c2ccnc3sc(CCCCOS(C)(=O)=O)cc23)ccc1CNC(=O)OC(C)(C)C. The first-order valence-corrected chi connectivity index (χ1v) is 13.8. The maximum Gasteiger partial charge on any atom is 0.407 e. The molecule has 2 heterocycles. The normalized spacial score (nSPS) is 12.1. The number of carbonyl (C=O) groups is 1. The highest BCUT2D eigenvalue weighted by Crippen LogP contribution is 2.34. The Morgan fingerprint density at radius 1 is 1.15 bits per heavy atom. The maximum absolute atomic E-state index is 12.0. The van der Waals surface area contributed by atoms with E-state index in [1.165, 1.54) is 4.88 Å². The Hall–Kier alpha value is -2.49. The average Bonchev–Trinajstić information content (AvgIpc) is 3.13. The number of benzene rings is 1. The lowest BCUT2D eigenvalue weighted by atomic mass is 9.98. The number of ether oxygens (including phenoxy) is 1. The summed E-state index contributed by atoms with van der Waals surface area (Å²) in [6.07, 6.45) is 4.83. The first kappa shape index (κ1) is 26.1. The molecule has 0 saturated heterocycles. The quantitative estimate of drug-likeness (QED) is 0.301. The number of aryl methyl sites for hydroxylation is 2. The molecule has 7 nitrogen and oxygen atoms in total. The van der Waals surface area contributed by atoms with Gasteiger partial charge in [-0.2, -0.15) is 8.42 Å². The molecule has 0 bridgehead atoms. The number of alkyl carbamates (subject to hydrolysis) is 1. The zero-order valence-corrected chi connectivity index (χ0v) is 21.9. The predicted octanol–water partition coefficient (Wildman–Crippen LogP) is 5.60. The Morgan fingerprint density at radius 3 is 2.59 bits per heavy atom. The summed E-state index contributed by atoms with van der Waals surface area (Å²) in [6.45, 7) is 8.16. The van der Waals surface area contributed by atoms with Crippen molar-refractivity contribution in [1.82, 2.24) is 10.3 Å². The van der Waals surface area contributed by atoms with Crippen LogP contribution in [0.15, 0.2) is 36.5 Å². The summed E-state index contributed by atoms with van der Waals surface area (Å²) in [6, 6.07) is 10.4. The molecule has 0 atom stereocenters. The highest BCUT2D eigenvalue weighted by Gasteiger charge is 2.16. The van der Waals surface area contributed by atoms with Gasteiger partial charge in [0.15, 0.2) is 0 Å². The van der Waals surface area contributed by atoms with Crippen molar-refractivity contribution in [2.75, 3.05) is 12.9 Å². The van der Waals surface area contributed by atoms with Gasteiger partial charge in [0.2, 0.25) is 0 Å². The number of unbranched alkanes of at least 4 members (excludes halogenated alkanes) is 1. The first-order valence-electron chi connectivity index (χ1n) is 11.2. The van der Waals surface area contributed by atoms with Gasteiger partial charge in [0, 0.05) is 23.0 Å². The molecule has 34 heavy (non-hydrogen) atoms. The monoisotopic (exact) mass is 504 g/mol. The standard InChI is InChI=1S/C25H32N2O5S2/c1-17-14-18(9-10-19(17)16-27-24(28)32-25(2,3)4)21-11-12-26-23-22(21)15-20(33-23)8-6-7-13-31-34(5,29)30/h9-12,14-15H,6-8,13,16H2,1-5H3,(H,27,28). The lowest BCUT2D eigenvalue weighted by molar-refractivity contribution is 0.0523. The number of fused-ring (bicyclic) bond motifs is 1. The van der Waals surface area contributed by atoms with Gasteiger partial charge in [-0.25, -0.2) is 9.78 Å². The van der Waals surface area contributed by atoms with Gasteiger partial charge in [0.1, 0.15) is 10.4 Å². The van der Waals surface area contributed by atoms with Crippen molar-refractivity contribution >= 4 is 37.8 Å². The third kappa shape index (κ3) is 7.78. The second-order valence-corrected chi connectivity index (χ2v) is 12.0. The van der Waals surface area contributed by atoms with Crippen LogP contribution in [0, 0.1) is 6.92 Å². The molecule has 1 amide bonds. The molecule has 0 spiro atoms. The van der Waals surface area contributed by atoms with Crippen molar-refractivity contribution in [1.29, 1.82) is 0 Å². The predicted molar refractivity (Wildman–Crippen MR) is 137 cm³/mol. The van der Waals surface area contributed by atoms with Gasteiger partial charge in [-0.3, -0.25) is 4.18 Å². The summed E-state index contributed by atoms with van der Waals surface area (Å²) in [5.41, 5.74) is 3.79. The van der Waals surface area contributed by atoms with E-state index in [9.17, 15) is 13.2 Å². The second kappa shape index (κ2) is 10.8. The zero-order chi connectivity index (χ0) is 24.9. The van der Waals surface area contributed by atoms with Crippen molar-refractivity contribution in [2.45, 2.75) is 59.1 Å². The van der Waals surface area contributed by atoms with E-state index in [2.05, 4.69) is 28.5 Å². The van der Waals surface area contributed by atoms with E-state index in [0.29, 0.717) is 13.0 Å². The molecular weight excluding hydrogens is 472 g/mol. The summed E-state index contributed by atoms with van der Waals surface area (Å²) in [4.78, 5) is 18.7. The maximum atomic E-state index is 12.0. The lowest BCUT2D eigenvalue weighted by Crippen LogP contribution is -2.32. The topological polar surface area (TPSA) is 94.6 Å². The van der Waals surface area contributed by atoms with Gasteiger partial charge in [-0.15, -0.1) is 11.3 Å². The highest BCUT2D eigenvalue weighted by molar-refractivity contribution is 7.85. The minimum absolute atomic E-state index is 0.210. The van der Waals surface area contributed by atoms with Crippen molar-refractivity contribution in [3.05, 3.63) is 52.5 Å². The minimum atomic E-state index is -3.38. The van der Waals surface area contributed by atoms with Gasteiger partial charge in [-0.05, 0) is 81.3 Å². The number of hydrogen-bond acceptors (Lipinski definition) is 7. The fourth-order valence-corrected chi connectivity index (χ4v) is 5.00. The molecule has 0 aliphatic carbocycles. The summed E-state index contributed by atoms with van der Waals surface area (Å²) in [5.74, 6) is 0. The largest absolute Gasteiger partial charge is 0.444 e. The zero-order valence-electron chi connectivity index (χ0n) is 20.3. The molecule has 1 aromatic carbocycles. The van der Waals surface area contributed by atoms with Crippen LogP contribution in [0.2, 0.25) is 0 Å². The molecular formula is C25H32N2O5S2. The molecule has 0 saturated carbocycles. The lowest BCUT2D eigenvalue weighted by Gasteiger charge is -2.20. The number of hydrogen-bond donors (Lipinski definition) is 1. The van der Waals surface area contributed by atoms with Crippen molar-refractivity contribution in [2.24, 2.45) is 0 Å².